The number of nitrogens with zero attached hydrogens (tertiary/aromatic N) is 2. The van der Waals surface area contributed by atoms with Crippen molar-refractivity contribution in [1.29, 1.82) is 0 Å². The third-order valence-electron chi connectivity index (χ3n) is 4.85. The molecule has 1 aromatic carbocycles. The number of carbonyl (C=O) groups excluding carboxylic acids is 1. The van der Waals surface area contributed by atoms with Crippen LogP contribution in [0, 0.1) is 5.92 Å². The number of hydrogen-bond acceptors (Lipinski definition) is 2. The number of carbonyl (C=O) groups is 1. The molecule has 1 fully saturated rings. The van der Waals surface area contributed by atoms with Crippen LogP contribution in [-0.4, -0.2) is 43.4 Å². The number of halogens is 3. The summed E-state index contributed by atoms with van der Waals surface area (Å²) in [6.07, 6.45) is 2.48. The smallest absolute Gasteiger partial charge is 0.217 e. The average molecular weight is 527 g/mol. The van der Waals surface area contributed by atoms with E-state index in [2.05, 4.69) is 29.1 Å². The summed E-state index contributed by atoms with van der Waals surface area (Å²) in [7, 11) is 1.77. The Labute approximate surface area is 189 Å². The average Bonchev–Trinajstić information content (AvgIpc) is 2.54. The van der Waals surface area contributed by atoms with Gasteiger partial charge in [-0.05, 0) is 36.5 Å². The van der Waals surface area contributed by atoms with Crippen molar-refractivity contribution in [3.63, 3.8) is 0 Å². The van der Waals surface area contributed by atoms with Crippen molar-refractivity contribution in [2.75, 3.05) is 26.7 Å². The van der Waals surface area contributed by atoms with Crippen LogP contribution in [-0.2, 0) is 10.2 Å². The summed E-state index contributed by atoms with van der Waals surface area (Å²) in [5.41, 5.74) is 6.01. The van der Waals surface area contributed by atoms with Gasteiger partial charge in [-0.15, -0.1) is 24.0 Å². The fraction of sp³-hybridized carbons (Fsp3) is 0.579. The second-order valence-corrected chi connectivity index (χ2v) is 8.32. The lowest BCUT2D eigenvalue weighted by molar-refractivity contribution is -0.119. The zero-order valence-corrected chi connectivity index (χ0v) is 19.9. The van der Waals surface area contributed by atoms with Gasteiger partial charge >= 0.3 is 0 Å². The van der Waals surface area contributed by atoms with E-state index in [1.807, 2.05) is 18.2 Å². The number of guanidine groups is 1. The Kier molecular flexibility index (Phi) is 9.65. The third kappa shape index (κ3) is 6.68. The first-order valence-electron chi connectivity index (χ1n) is 8.93. The molecule has 1 saturated heterocycles. The van der Waals surface area contributed by atoms with Crippen LogP contribution in [0.25, 0.3) is 0 Å². The Hall–Kier alpha value is -0.730. The van der Waals surface area contributed by atoms with E-state index in [0.717, 1.165) is 37.5 Å². The van der Waals surface area contributed by atoms with Crippen LogP contribution in [0.3, 0.4) is 0 Å². The summed E-state index contributed by atoms with van der Waals surface area (Å²) in [6.45, 7) is 6.55. The van der Waals surface area contributed by atoms with Gasteiger partial charge in [0.2, 0.25) is 5.91 Å². The maximum atomic E-state index is 11.2. The molecule has 1 atom stereocenters. The molecular formula is C19H29Cl2IN4O. The second-order valence-electron chi connectivity index (χ2n) is 7.51. The number of benzene rings is 1. The molecule has 1 aromatic rings. The maximum absolute atomic E-state index is 11.2. The lowest BCUT2D eigenvalue weighted by Crippen LogP contribution is -2.49. The highest BCUT2D eigenvalue weighted by Gasteiger charge is 2.28. The molecule has 1 heterocycles. The molecule has 0 aliphatic carbocycles. The molecule has 27 heavy (non-hydrogen) atoms. The lowest BCUT2D eigenvalue weighted by Gasteiger charge is -2.36. The van der Waals surface area contributed by atoms with Crippen molar-refractivity contribution in [3.05, 3.63) is 33.8 Å². The topological polar surface area (TPSA) is 70.7 Å². The highest BCUT2D eigenvalue weighted by molar-refractivity contribution is 14.0. The molecule has 0 spiro atoms. The van der Waals surface area contributed by atoms with Gasteiger partial charge in [0, 0.05) is 48.6 Å². The van der Waals surface area contributed by atoms with Crippen molar-refractivity contribution >= 4 is 59.0 Å². The van der Waals surface area contributed by atoms with Crippen molar-refractivity contribution < 1.29 is 4.79 Å². The van der Waals surface area contributed by atoms with Crippen LogP contribution < -0.4 is 11.1 Å². The number of nitrogens with one attached hydrogen (secondary N) is 1. The Bertz CT molecular complexity index is 661. The number of rotatable bonds is 5. The second kappa shape index (κ2) is 10.7. The highest BCUT2D eigenvalue weighted by Crippen LogP contribution is 2.35. The first kappa shape index (κ1) is 24.3. The van der Waals surface area contributed by atoms with Crippen molar-refractivity contribution in [2.45, 2.75) is 38.5 Å². The molecule has 1 aliphatic rings. The molecule has 1 aliphatic heterocycles. The molecule has 0 aromatic heterocycles. The minimum Gasteiger partial charge on any atom is -0.370 e. The summed E-state index contributed by atoms with van der Waals surface area (Å²) >= 11 is 12.8. The van der Waals surface area contributed by atoms with Gasteiger partial charge in [0.1, 0.15) is 0 Å². The summed E-state index contributed by atoms with van der Waals surface area (Å²) in [5, 5.41) is 4.78. The first-order valence-corrected chi connectivity index (χ1v) is 9.68. The number of hydrogen-bond donors (Lipinski definition) is 2. The first-order chi connectivity index (χ1) is 12.2. The minimum absolute atomic E-state index is 0. The fourth-order valence-corrected chi connectivity index (χ4v) is 4.48. The number of primary amides is 1. The van der Waals surface area contributed by atoms with Gasteiger partial charge in [-0.25, -0.2) is 0 Å². The van der Waals surface area contributed by atoms with E-state index >= 15 is 0 Å². The van der Waals surface area contributed by atoms with Gasteiger partial charge in [-0.2, -0.15) is 0 Å². The quantitative estimate of drug-likeness (QED) is 0.345. The van der Waals surface area contributed by atoms with Gasteiger partial charge < -0.3 is 16.0 Å². The van der Waals surface area contributed by atoms with E-state index in [0.29, 0.717) is 23.0 Å². The molecule has 8 heteroatoms. The summed E-state index contributed by atoms with van der Waals surface area (Å²) in [6, 6.07) is 5.57. The molecule has 3 N–H and O–H groups in total. The molecule has 5 nitrogen and oxygen atoms in total. The molecule has 0 radical (unpaired) electrons. The zero-order valence-electron chi connectivity index (χ0n) is 16.1. The molecular weight excluding hydrogens is 498 g/mol. The van der Waals surface area contributed by atoms with Crippen LogP contribution in [0.1, 0.15) is 38.7 Å². The molecule has 2 rings (SSSR count). The number of aliphatic imine (C=N–C) groups is 1. The van der Waals surface area contributed by atoms with E-state index in [4.69, 9.17) is 28.9 Å². The number of piperidine rings is 1. The predicted molar refractivity (Wildman–Crippen MR) is 124 cm³/mol. The molecule has 0 bridgehead atoms. The molecule has 0 saturated carbocycles. The van der Waals surface area contributed by atoms with Gasteiger partial charge in [0.15, 0.2) is 5.96 Å². The van der Waals surface area contributed by atoms with Crippen LogP contribution >= 0.6 is 47.2 Å². The number of amides is 1. The Morgan fingerprint density at radius 3 is 2.56 bits per heavy atom. The molecule has 152 valence electrons. The van der Waals surface area contributed by atoms with E-state index in [1.165, 1.54) is 0 Å². The maximum Gasteiger partial charge on any atom is 0.217 e. The van der Waals surface area contributed by atoms with Crippen LogP contribution in [0.4, 0.5) is 0 Å². The Balaban J connectivity index is 0.00000364. The highest BCUT2D eigenvalue weighted by atomic mass is 127. The SMILES string of the molecule is CN=C(NCC(C)(C)c1c(Cl)cccc1Cl)N1CCCC(CC(N)=O)C1.I. The minimum atomic E-state index is -0.270. The number of nitrogens with two attached hydrogens (primary N) is 1. The largest absolute Gasteiger partial charge is 0.370 e. The standard InChI is InChI=1S/C19H28Cl2N4O.HI/c1-19(2,17-14(20)7-4-8-15(17)21)12-24-18(23-3)25-9-5-6-13(11-25)10-16(22)26;/h4,7-8,13H,5-6,9-12H2,1-3H3,(H2,22,26)(H,23,24);1H. The van der Waals surface area contributed by atoms with E-state index in [9.17, 15) is 4.79 Å². The monoisotopic (exact) mass is 526 g/mol. The molecule has 1 amide bonds. The summed E-state index contributed by atoms with van der Waals surface area (Å²) in [5.74, 6) is 0.871. The van der Waals surface area contributed by atoms with Crippen LogP contribution in [0.15, 0.2) is 23.2 Å². The Morgan fingerprint density at radius 2 is 2.00 bits per heavy atom. The Morgan fingerprint density at radius 1 is 1.37 bits per heavy atom. The summed E-state index contributed by atoms with van der Waals surface area (Å²) in [4.78, 5) is 17.8. The van der Waals surface area contributed by atoms with Gasteiger partial charge in [-0.1, -0.05) is 43.1 Å². The van der Waals surface area contributed by atoms with Crippen molar-refractivity contribution in [3.8, 4) is 0 Å². The van der Waals surface area contributed by atoms with Gasteiger partial charge in [-0.3, -0.25) is 9.79 Å². The van der Waals surface area contributed by atoms with E-state index in [-0.39, 0.29) is 41.2 Å². The number of likely N-dealkylation sites (tertiary alicyclic amines) is 1. The van der Waals surface area contributed by atoms with Crippen LogP contribution in [0.5, 0.6) is 0 Å². The van der Waals surface area contributed by atoms with Crippen LogP contribution in [0.2, 0.25) is 10.0 Å². The van der Waals surface area contributed by atoms with E-state index < -0.39 is 0 Å². The van der Waals surface area contributed by atoms with Crippen molar-refractivity contribution in [1.82, 2.24) is 10.2 Å². The third-order valence-corrected chi connectivity index (χ3v) is 5.48. The van der Waals surface area contributed by atoms with Crippen molar-refractivity contribution in [2.24, 2.45) is 16.6 Å². The van der Waals surface area contributed by atoms with Gasteiger partial charge in [0.05, 0.1) is 0 Å². The normalized spacial score (nSPS) is 18.0. The predicted octanol–water partition coefficient (Wildman–Crippen LogP) is 4.05. The van der Waals surface area contributed by atoms with Gasteiger partial charge in [0.25, 0.3) is 0 Å². The lowest BCUT2D eigenvalue weighted by atomic mass is 9.84. The zero-order chi connectivity index (χ0) is 19.3. The fourth-order valence-electron chi connectivity index (χ4n) is 3.57. The molecule has 1 unspecified atom stereocenters. The summed E-state index contributed by atoms with van der Waals surface area (Å²) < 4.78 is 0. The van der Waals surface area contributed by atoms with E-state index in [1.54, 1.807) is 7.05 Å².